The van der Waals surface area contributed by atoms with E-state index in [1.54, 1.807) is 43.3 Å². The van der Waals surface area contributed by atoms with E-state index in [4.69, 9.17) is 27.9 Å². The maximum atomic E-state index is 13.1. The molecule has 1 heterocycles. The molecule has 0 radical (unpaired) electrons. The van der Waals surface area contributed by atoms with Gasteiger partial charge in [0.1, 0.15) is 5.41 Å². The molecule has 2 aromatic rings. The Kier molecular flexibility index (Phi) is 7.41. The molecular weight excluding hydrogens is 505 g/mol. The highest BCUT2D eigenvalue weighted by molar-refractivity contribution is 9.10. The lowest BCUT2D eigenvalue weighted by molar-refractivity contribution is -0.151. The van der Waals surface area contributed by atoms with Crippen molar-refractivity contribution in [2.45, 2.75) is 13.3 Å². The first-order valence-electron chi connectivity index (χ1n) is 9.45. The number of hydrogen-bond acceptors (Lipinski definition) is 4. The van der Waals surface area contributed by atoms with Gasteiger partial charge in [-0.05, 0) is 48.9 Å². The first kappa shape index (κ1) is 23.3. The summed E-state index contributed by atoms with van der Waals surface area (Å²) in [6.07, 6.45) is 0.0664. The Hall–Kier alpha value is -2.35. The molecule has 2 aromatic carbocycles. The van der Waals surface area contributed by atoms with Crippen LogP contribution in [0.15, 0.2) is 69.7 Å². The van der Waals surface area contributed by atoms with Crippen molar-refractivity contribution in [1.29, 1.82) is 0 Å². The maximum Gasteiger partial charge on any atom is 0.342 e. The number of anilines is 1. The van der Waals surface area contributed by atoms with Crippen molar-refractivity contribution in [2.75, 3.05) is 18.5 Å². The van der Waals surface area contributed by atoms with E-state index in [1.807, 2.05) is 12.1 Å². The Morgan fingerprint density at radius 3 is 2.45 bits per heavy atom. The summed E-state index contributed by atoms with van der Waals surface area (Å²) in [7, 11) is 0. The number of benzene rings is 2. The van der Waals surface area contributed by atoms with Crippen LogP contribution in [0.5, 0.6) is 0 Å². The number of amides is 2. The van der Waals surface area contributed by atoms with Gasteiger partial charge in [0.15, 0.2) is 0 Å². The average Bonchev–Trinajstić information content (AvgIpc) is 3.10. The summed E-state index contributed by atoms with van der Waals surface area (Å²) in [5.74, 6) is -0.524. The molecule has 1 N–H and O–H groups in total. The Labute approximate surface area is 199 Å². The molecule has 0 bridgehead atoms. The highest BCUT2D eigenvalue weighted by Crippen LogP contribution is 2.39. The van der Waals surface area contributed by atoms with Gasteiger partial charge >= 0.3 is 12.0 Å². The lowest BCUT2D eigenvalue weighted by Crippen LogP contribution is -2.44. The number of carbonyl (C=O) groups is 2. The standard InChI is InChI=1S/C22H20BrCl2N3O3/c1-3-31-20(29)22(12-14(2)24)13-28(21(30)26-18-10-6-16(23)7-11-18)27-19(22)15-4-8-17(25)9-5-15/h4-11H,2-3,12-13H2,1H3,(H,26,30). The summed E-state index contributed by atoms with van der Waals surface area (Å²) in [4.78, 5) is 26.1. The van der Waals surface area contributed by atoms with Crippen molar-refractivity contribution >= 4 is 62.5 Å². The van der Waals surface area contributed by atoms with Crippen LogP contribution in [-0.2, 0) is 9.53 Å². The lowest BCUT2D eigenvalue weighted by atomic mass is 9.77. The van der Waals surface area contributed by atoms with Gasteiger partial charge in [-0.2, -0.15) is 5.10 Å². The first-order valence-corrected chi connectivity index (χ1v) is 11.0. The summed E-state index contributed by atoms with van der Waals surface area (Å²) in [5, 5.41) is 9.28. The molecule has 0 fully saturated rings. The number of hydrogen-bond donors (Lipinski definition) is 1. The van der Waals surface area contributed by atoms with Gasteiger partial charge in [-0.3, -0.25) is 4.79 Å². The molecule has 2 amide bonds. The molecule has 162 valence electrons. The number of nitrogens with zero attached hydrogens (tertiary/aromatic N) is 2. The molecule has 1 aliphatic rings. The van der Waals surface area contributed by atoms with Gasteiger partial charge in [0.05, 0.1) is 18.9 Å². The zero-order valence-corrected chi connectivity index (χ0v) is 19.8. The van der Waals surface area contributed by atoms with Crippen LogP contribution in [0.25, 0.3) is 0 Å². The van der Waals surface area contributed by atoms with Crippen LogP contribution in [0.4, 0.5) is 10.5 Å². The summed E-state index contributed by atoms with van der Waals surface area (Å²) in [5.41, 5.74) is 0.302. The fraction of sp³-hybridized carbons (Fsp3) is 0.227. The zero-order valence-electron chi connectivity index (χ0n) is 16.7. The second kappa shape index (κ2) is 9.85. The first-order chi connectivity index (χ1) is 14.7. The third-order valence-corrected chi connectivity index (χ3v) is 5.62. The molecule has 0 spiro atoms. The number of halogens is 3. The van der Waals surface area contributed by atoms with E-state index in [2.05, 4.69) is 32.9 Å². The molecule has 0 saturated carbocycles. The predicted molar refractivity (Wildman–Crippen MR) is 127 cm³/mol. The lowest BCUT2D eigenvalue weighted by Gasteiger charge is -2.28. The minimum atomic E-state index is -1.29. The number of allylic oxidation sites excluding steroid dienone is 1. The fourth-order valence-electron chi connectivity index (χ4n) is 3.33. The second-order valence-corrected chi connectivity index (χ2v) is 8.83. The quantitative estimate of drug-likeness (QED) is 0.468. The fourth-order valence-corrected chi connectivity index (χ4v) is 3.95. The number of carbonyl (C=O) groups excluding carboxylic acids is 2. The average molecular weight is 525 g/mol. The summed E-state index contributed by atoms with van der Waals surface area (Å²) in [6.45, 7) is 5.60. The number of esters is 1. The number of nitrogens with one attached hydrogen (secondary N) is 1. The van der Waals surface area contributed by atoms with Gasteiger partial charge in [-0.1, -0.05) is 57.8 Å². The second-order valence-electron chi connectivity index (χ2n) is 6.95. The Morgan fingerprint density at radius 2 is 1.87 bits per heavy atom. The smallest absolute Gasteiger partial charge is 0.342 e. The topological polar surface area (TPSA) is 71.0 Å². The van der Waals surface area contributed by atoms with Crippen molar-refractivity contribution in [3.05, 3.63) is 75.2 Å². The van der Waals surface area contributed by atoms with Crippen LogP contribution in [0.3, 0.4) is 0 Å². The van der Waals surface area contributed by atoms with Gasteiger partial charge in [-0.15, -0.1) is 0 Å². The summed E-state index contributed by atoms with van der Waals surface area (Å²) < 4.78 is 6.24. The highest BCUT2D eigenvalue weighted by Gasteiger charge is 2.52. The minimum absolute atomic E-state index is 0.0438. The molecule has 9 heteroatoms. The number of urea groups is 1. The Balaban J connectivity index is 2.01. The van der Waals surface area contributed by atoms with E-state index >= 15 is 0 Å². The number of hydrazone groups is 1. The SMILES string of the molecule is C=C(Cl)CC1(C(=O)OCC)CN(C(=O)Nc2ccc(Br)cc2)N=C1c1ccc(Cl)cc1. The highest BCUT2D eigenvalue weighted by atomic mass is 79.9. The minimum Gasteiger partial charge on any atom is -0.465 e. The van der Waals surface area contributed by atoms with Crippen LogP contribution in [0.1, 0.15) is 18.9 Å². The van der Waals surface area contributed by atoms with Gasteiger partial charge in [0.2, 0.25) is 0 Å². The maximum absolute atomic E-state index is 13.1. The van der Waals surface area contributed by atoms with E-state index < -0.39 is 17.4 Å². The number of rotatable bonds is 6. The molecule has 1 unspecified atom stereocenters. The van der Waals surface area contributed by atoms with Crippen LogP contribution in [0.2, 0.25) is 5.02 Å². The van der Waals surface area contributed by atoms with Gasteiger partial charge in [0, 0.05) is 26.6 Å². The van der Waals surface area contributed by atoms with Crippen LogP contribution in [0, 0.1) is 5.41 Å². The zero-order chi connectivity index (χ0) is 22.6. The summed E-state index contributed by atoms with van der Waals surface area (Å²) in [6, 6.07) is 13.5. The predicted octanol–water partition coefficient (Wildman–Crippen LogP) is 6.05. The third kappa shape index (κ3) is 5.29. The molecule has 31 heavy (non-hydrogen) atoms. The van der Waals surface area contributed by atoms with Gasteiger partial charge in [0.25, 0.3) is 0 Å². The van der Waals surface area contributed by atoms with Crippen molar-refractivity contribution in [2.24, 2.45) is 10.5 Å². The van der Waals surface area contributed by atoms with E-state index in [1.165, 1.54) is 5.01 Å². The summed E-state index contributed by atoms with van der Waals surface area (Å²) >= 11 is 15.5. The third-order valence-electron chi connectivity index (χ3n) is 4.70. The largest absolute Gasteiger partial charge is 0.465 e. The van der Waals surface area contributed by atoms with Crippen molar-refractivity contribution < 1.29 is 14.3 Å². The molecule has 0 saturated heterocycles. The van der Waals surface area contributed by atoms with Crippen molar-refractivity contribution in [3.63, 3.8) is 0 Å². The number of ether oxygens (including phenoxy) is 1. The molecule has 3 rings (SSSR count). The van der Waals surface area contributed by atoms with E-state index in [0.717, 1.165) is 4.47 Å². The van der Waals surface area contributed by atoms with E-state index in [-0.39, 0.29) is 24.6 Å². The Morgan fingerprint density at radius 1 is 1.23 bits per heavy atom. The monoisotopic (exact) mass is 523 g/mol. The van der Waals surface area contributed by atoms with Gasteiger partial charge in [-0.25, -0.2) is 9.80 Å². The van der Waals surface area contributed by atoms with Crippen molar-refractivity contribution in [1.82, 2.24) is 5.01 Å². The van der Waals surface area contributed by atoms with Crippen molar-refractivity contribution in [3.8, 4) is 0 Å². The molecule has 0 aliphatic carbocycles. The molecular formula is C22H20BrCl2N3O3. The van der Waals surface area contributed by atoms with Crippen LogP contribution in [-0.4, -0.2) is 35.9 Å². The molecule has 1 atom stereocenters. The normalized spacial score (nSPS) is 17.8. The molecule has 1 aliphatic heterocycles. The Bertz CT molecular complexity index is 1030. The van der Waals surface area contributed by atoms with E-state index in [9.17, 15) is 9.59 Å². The van der Waals surface area contributed by atoms with Gasteiger partial charge < -0.3 is 10.1 Å². The molecule has 0 aromatic heterocycles. The van der Waals surface area contributed by atoms with E-state index in [0.29, 0.717) is 22.0 Å². The van der Waals surface area contributed by atoms with Crippen LogP contribution >= 0.6 is 39.1 Å². The molecule has 6 nitrogen and oxygen atoms in total. The van der Waals surface area contributed by atoms with Crippen LogP contribution < -0.4 is 5.32 Å².